The molecule has 6 N–H and O–H groups in total. The van der Waals surface area contributed by atoms with Gasteiger partial charge >= 0.3 is 17.9 Å². The third-order valence-corrected chi connectivity index (χ3v) is 12.6. The number of anilines is 1. The smallest absolute Gasteiger partial charge is 0.336 e. The minimum Gasteiger partial charge on any atom is -0.508 e. The zero-order valence-electron chi connectivity index (χ0n) is 38.6. The molecular weight excluding hydrogens is 909 g/mol. The minimum atomic E-state index is -1.37. The lowest BCUT2D eigenvalue weighted by atomic mass is 9.76. The molecule has 356 valence electrons. The largest absolute Gasteiger partial charge is 0.508 e. The van der Waals surface area contributed by atoms with Gasteiger partial charge in [0.05, 0.1) is 40.8 Å². The van der Waals surface area contributed by atoms with Gasteiger partial charge in [-0.1, -0.05) is 30.4 Å². The maximum absolute atomic E-state index is 13.8. The zero-order chi connectivity index (χ0) is 50.4. The Morgan fingerprint density at radius 1 is 0.690 bits per heavy atom. The van der Waals surface area contributed by atoms with Crippen molar-refractivity contribution in [2.75, 3.05) is 39.6 Å². The van der Waals surface area contributed by atoms with Crippen molar-refractivity contribution in [2.24, 2.45) is 5.92 Å². The summed E-state index contributed by atoms with van der Waals surface area (Å²) in [6, 6.07) is 26.0. The van der Waals surface area contributed by atoms with Crippen LogP contribution in [0.1, 0.15) is 62.9 Å². The van der Waals surface area contributed by atoms with E-state index < -0.39 is 47.5 Å². The number of benzene rings is 5. The van der Waals surface area contributed by atoms with Gasteiger partial charge in [-0.15, -0.1) is 0 Å². The lowest BCUT2D eigenvalue weighted by molar-refractivity contribution is -0.111. The Morgan fingerprint density at radius 3 is 2.08 bits per heavy atom. The maximum Gasteiger partial charge on any atom is 0.336 e. The van der Waals surface area contributed by atoms with Gasteiger partial charge in [-0.25, -0.2) is 19.0 Å². The third-order valence-electron chi connectivity index (χ3n) is 12.6. The van der Waals surface area contributed by atoms with Gasteiger partial charge in [0.25, 0.3) is 11.8 Å². The number of nitrogens with zero attached hydrogens (tertiary/aromatic N) is 2. The number of fused-ring (bicyclic) bond motifs is 4. The number of hydrogen-bond acceptors (Lipinski definition) is 10. The van der Waals surface area contributed by atoms with Crippen molar-refractivity contribution in [3.05, 3.63) is 194 Å². The molecule has 0 bridgehead atoms. The highest BCUT2D eigenvalue weighted by molar-refractivity contribution is 6.10. The van der Waals surface area contributed by atoms with Gasteiger partial charge in [0.2, 0.25) is 5.36 Å². The Kier molecular flexibility index (Phi) is 12.3. The maximum atomic E-state index is 13.8. The molecule has 16 heteroatoms. The number of carbonyl (C=O) groups is 6. The molecule has 71 heavy (non-hydrogen) atoms. The van der Waals surface area contributed by atoms with Crippen LogP contribution in [0.15, 0.2) is 155 Å². The van der Waals surface area contributed by atoms with E-state index in [0.717, 1.165) is 17.1 Å². The third kappa shape index (κ3) is 8.97. The lowest BCUT2D eigenvalue weighted by Gasteiger charge is -2.37. The van der Waals surface area contributed by atoms with Crippen molar-refractivity contribution in [3.63, 3.8) is 0 Å². The molecule has 2 aliphatic heterocycles. The number of ketones is 1. The molecule has 2 heterocycles. The molecule has 0 radical (unpaired) electrons. The zero-order valence-corrected chi connectivity index (χ0v) is 38.6. The van der Waals surface area contributed by atoms with E-state index in [2.05, 4.69) is 10.6 Å². The van der Waals surface area contributed by atoms with Crippen LogP contribution in [0.2, 0.25) is 0 Å². The molecule has 2 unspecified atom stereocenters. The van der Waals surface area contributed by atoms with Gasteiger partial charge in [-0.05, 0) is 95.1 Å². The number of aromatic carboxylic acids is 3. The van der Waals surface area contributed by atoms with Crippen LogP contribution in [-0.2, 0) is 16.1 Å². The summed E-state index contributed by atoms with van der Waals surface area (Å²) >= 11 is 0. The van der Waals surface area contributed by atoms with Gasteiger partial charge in [-0.2, -0.15) is 0 Å². The van der Waals surface area contributed by atoms with Crippen LogP contribution in [0.5, 0.6) is 0 Å². The summed E-state index contributed by atoms with van der Waals surface area (Å²) < 4.78 is 14.7. The average molecular weight is 954 g/mol. The lowest BCUT2D eigenvalue weighted by Crippen LogP contribution is -2.35. The number of aliphatic hydroxyl groups excluding tert-OH is 1. The summed E-state index contributed by atoms with van der Waals surface area (Å²) in [5.41, 5.74) is 4.78. The van der Waals surface area contributed by atoms with Crippen LogP contribution in [0.25, 0.3) is 39.0 Å². The fraction of sp³-hybridized carbons (Fsp3) is 0.145. The van der Waals surface area contributed by atoms with Crippen LogP contribution in [0, 0.1) is 5.92 Å². The first kappa shape index (κ1) is 46.8. The number of amides is 2. The van der Waals surface area contributed by atoms with Crippen LogP contribution in [0.3, 0.4) is 0 Å². The van der Waals surface area contributed by atoms with E-state index in [1.807, 2.05) is 74.1 Å². The van der Waals surface area contributed by atoms with E-state index in [4.69, 9.17) is 9.15 Å². The molecular formula is C55H45N4O12+. The molecule has 9 rings (SSSR count). The molecule has 2 amide bonds. The molecule has 2 atom stereocenters. The van der Waals surface area contributed by atoms with Crippen molar-refractivity contribution >= 4 is 57.7 Å². The Morgan fingerprint density at radius 2 is 1.38 bits per heavy atom. The summed E-state index contributed by atoms with van der Waals surface area (Å²) in [6.07, 6.45) is 6.30. The fourth-order valence-corrected chi connectivity index (χ4v) is 8.99. The van der Waals surface area contributed by atoms with E-state index in [9.17, 15) is 49.2 Å². The molecule has 0 saturated carbocycles. The molecule has 3 aliphatic carbocycles. The van der Waals surface area contributed by atoms with E-state index in [1.54, 1.807) is 42.5 Å². The van der Waals surface area contributed by atoms with Crippen molar-refractivity contribution in [1.82, 2.24) is 15.2 Å². The van der Waals surface area contributed by atoms with Crippen molar-refractivity contribution in [2.45, 2.75) is 12.6 Å². The second-order valence-electron chi connectivity index (χ2n) is 17.5. The molecule has 4 aromatic rings. The first-order chi connectivity index (χ1) is 34.0. The van der Waals surface area contributed by atoms with Crippen LogP contribution in [-0.4, -0.2) is 96.8 Å². The molecule has 0 fully saturated rings. The summed E-state index contributed by atoms with van der Waals surface area (Å²) in [6.45, 7) is -0.222. The Hall–Kier alpha value is -9.31. The number of nitrogens with one attached hydrogen (secondary N) is 2. The number of aliphatic hydroxyl groups is 1. The quantitative estimate of drug-likeness (QED) is 0.0540. The Balaban J connectivity index is 0.941. The summed E-state index contributed by atoms with van der Waals surface area (Å²) in [7, 11) is 7.64. The van der Waals surface area contributed by atoms with Crippen molar-refractivity contribution in [1.29, 1.82) is 0 Å². The van der Waals surface area contributed by atoms with Crippen molar-refractivity contribution in [3.8, 4) is 22.5 Å². The molecule has 5 aliphatic rings. The number of ether oxygens (including phenoxy) is 1. The monoisotopic (exact) mass is 953 g/mol. The van der Waals surface area contributed by atoms with Crippen LogP contribution < -0.4 is 25.5 Å². The number of hydrogen-bond donors (Lipinski definition) is 6. The van der Waals surface area contributed by atoms with E-state index >= 15 is 0 Å². The van der Waals surface area contributed by atoms with Gasteiger partial charge in [0.15, 0.2) is 5.78 Å². The summed E-state index contributed by atoms with van der Waals surface area (Å²) in [4.78, 5) is 79.7. The predicted molar refractivity (Wildman–Crippen MR) is 263 cm³/mol. The van der Waals surface area contributed by atoms with E-state index in [-0.39, 0.29) is 63.6 Å². The minimum absolute atomic E-state index is 0.000990. The second kappa shape index (κ2) is 18.6. The first-order valence-corrected chi connectivity index (χ1v) is 22.2. The van der Waals surface area contributed by atoms with Gasteiger partial charge in [-0.3, -0.25) is 14.4 Å². The molecule has 4 aromatic carbocycles. The van der Waals surface area contributed by atoms with E-state index in [1.165, 1.54) is 42.5 Å². The summed E-state index contributed by atoms with van der Waals surface area (Å²) in [5.74, 6) is -5.59. The number of allylic oxidation sites excluding steroid dienone is 3. The highest BCUT2D eigenvalue weighted by Crippen LogP contribution is 2.47. The van der Waals surface area contributed by atoms with Gasteiger partial charge in [0.1, 0.15) is 43.1 Å². The molecule has 0 aromatic heterocycles. The van der Waals surface area contributed by atoms with Crippen LogP contribution in [0.4, 0.5) is 5.69 Å². The fourth-order valence-electron chi connectivity index (χ4n) is 8.99. The van der Waals surface area contributed by atoms with E-state index in [0.29, 0.717) is 50.1 Å². The van der Waals surface area contributed by atoms with Crippen molar-refractivity contribution < 1.29 is 58.3 Å². The summed E-state index contributed by atoms with van der Waals surface area (Å²) in [5, 5.41) is 47.7. The SMILES string of the molecule is CN(C)c1ccc2c(-c3cc(C(=O)NCc4ccc(C(=O)NCC5=C6OC7C=C(O)C=CC7=C(c7ccc(C(=O)O)cc7C(=O)O)C6C=CC5=O)cc4)ccc3C(=O)O)c3ccc(=[N+](C)C)cc-3oc2c1. The highest BCUT2D eigenvalue weighted by Gasteiger charge is 2.40. The average Bonchev–Trinajstić information content (AvgIpc) is 3.35. The standard InChI is InChI=1S/C55H44N4O12/c1-58(2)32-11-16-37-45(23-32)70-46-24-33(59(3)4)12-17-38(46)49(37)41-21-30(9-15-36(41)54(66)67)52(63)56-26-28-5-7-29(8-6-28)51(62)57-27-43-44(61)20-19-40-48(39-18-13-34(60)25-47(39)71-50(40)43)35-14-10-31(53(64)65)22-42(35)55(68)69/h5-25,40,47H,26-27H2,1-4H3,(H5-,56,57,60,62,63,64,65,66,67,68,69)/p+1. The highest BCUT2D eigenvalue weighted by atomic mass is 16.5. The molecule has 0 spiro atoms. The predicted octanol–water partition coefficient (Wildman–Crippen LogP) is 6.93. The molecule has 16 nitrogen and oxygen atoms in total. The van der Waals surface area contributed by atoms with Crippen LogP contribution >= 0.6 is 0 Å². The Bertz CT molecular complexity index is 3510. The first-order valence-electron chi connectivity index (χ1n) is 22.2. The topological polar surface area (TPSA) is 236 Å². The Labute approximate surface area is 405 Å². The van der Waals surface area contributed by atoms with Gasteiger partial charge in [0, 0.05) is 77.7 Å². The molecule has 0 saturated heterocycles. The normalized spacial score (nSPS) is 15.9. The number of carbonyl (C=O) groups excluding carboxylic acids is 3. The van der Waals surface area contributed by atoms with Gasteiger partial charge < -0.3 is 45.1 Å². The second-order valence-corrected chi connectivity index (χ2v) is 17.5. The number of carboxylic acids is 3. The number of carboxylic acid groups (broad SMARTS) is 3. The number of rotatable bonds is 12.